The molecule has 0 saturated heterocycles. The number of carbonyl (C=O) groups is 1. The van der Waals surface area contributed by atoms with Gasteiger partial charge in [-0.15, -0.1) is 0 Å². The molecule has 25 heavy (non-hydrogen) atoms. The van der Waals surface area contributed by atoms with E-state index < -0.39 is 10.8 Å². The summed E-state index contributed by atoms with van der Waals surface area (Å²) in [6.45, 7) is -0.269. The van der Waals surface area contributed by atoms with E-state index in [1.54, 1.807) is 18.2 Å². The van der Waals surface area contributed by atoms with Crippen LogP contribution < -0.4 is 20.6 Å². The van der Waals surface area contributed by atoms with Gasteiger partial charge in [-0.05, 0) is 29.8 Å². The van der Waals surface area contributed by atoms with Crippen molar-refractivity contribution in [2.75, 3.05) is 19.1 Å². The van der Waals surface area contributed by atoms with E-state index in [-0.39, 0.29) is 18.1 Å². The van der Waals surface area contributed by atoms with Crippen molar-refractivity contribution in [3.05, 3.63) is 52.2 Å². The fourth-order valence-corrected chi connectivity index (χ4v) is 1.83. The number of rotatable bonds is 8. The van der Waals surface area contributed by atoms with Crippen molar-refractivity contribution in [3.8, 4) is 11.5 Å². The number of hydrogen-bond acceptors (Lipinski definition) is 8. The van der Waals surface area contributed by atoms with Gasteiger partial charge >= 0.3 is 5.69 Å². The number of primary amides is 1. The van der Waals surface area contributed by atoms with Gasteiger partial charge in [0.1, 0.15) is 0 Å². The Morgan fingerprint density at radius 2 is 2.24 bits per heavy atom. The molecule has 0 fully saturated rings. The van der Waals surface area contributed by atoms with Gasteiger partial charge in [-0.1, -0.05) is 0 Å². The predicted octanol–water partition coefficient (Wildman–Crippen LogP) is 1.31. The second-order valence-electron chi connectivity index (χ2n) is 4.66. The predicted molar refractivity (Wildman–Crippen MR) is 89.8 cm³/mol. The van der Waals surface area contributed by atoms with E-state index in [0.717, 1.165) is 0 Å². The number of pyridine rings is 1. The molecule has 0 bridgehead atoms. The molecule has 130 valence electrons. The maximum absolute atomic E-state index is 10.9. The first-order valence-electron chi connectivity index (χ1n) is 6.99. The van der Waals surface area contributed by atoms with Gasteiger partial charge in [-0.2, -0.15) is 5.10 Å². The summed E-state index contributed by atoms with van der Waals surface area (Å²) in [5.74, 6) is 0.159. The molecule has 0 aliphatic carbocycles. The maximum Gasteiger partial charge on any atom is 0.313 e. The minimum absolute atomic E-state index is 0.0251. The topological polar surface area (TPSA) is 142 Å². The number of aromatic nitrogens is 1. The molecule has 1 amide bonds. The summed E-state index contributed by atoms with van der Waals surface area (Å²) < 4.78 is 10.4. The Kier molecular flexibility index (Phi) is 5.82. The van der Waals surface area contributed by atoms with Crippen molar-refractivity contribution in [2.45, 2.75) is 0 Å². The van der Waals surface area contributed by atoms with E-state index in [9.17, 15) is 14.9 Å². The summed E-state index contributed by atoms with van der Waals surface area (Å²) in [4.78, 5) is 25.0. The lowest BCUT2D eigenvalue weighted by atomic mass is 10.2. The van der Waals surface area contributed by atoms with Crippen LogP contribution in [0.15, 0.2) is 41.6 Å². The standard InChI is InChI=1S/C15H15N5O5/c1-24-13-7-10(4-5-12(13)25-9-14(16)21)8-18-19-15-11(20(22)23)3-2-6-17-15/h2-8H,9H2,1H3,(H2,16,21)(H,17,19)/b18-8-. The largest absolute Gasteiger partial charge is 0.493 e. The third-order valence-corrected chi connectivity index (χ3v) is 2.92. The lowest BCUT2D eigenvalue weighted by Crippen LogP contribution is -2.20. The van der Waals surface area contributed by atoms with Crippen LogP contribution in [-0.4, -0.2) is 35.7 Å². The van der Waals surface area contributed by atoms with E-state index in [4.69, 9.17) is 15.2 Å². The zero-order chi connectivity index (χ0) is 18.2. The number of ether oxygens (including phenoxy) is 2. The lowest BCUT2D eigenvalue weighted by Gasteiger charge is -2.09. The smallest absolute Gasteiger partial charge is 0.313 e. The summed E-state index contributed by atoms with van der Waals surface area (Å²) in [5.41, 5.74) is 7.99. The molecule has 0 spiro atoms. The van der Waals surface area contributed by atoms with Crippen LogP contribution in [0.5, 0.6) is 11.5 Å². The molecule has 10 nitrogen and oxygen atoms in total. The van der Waals surface area contributed by atoms with Gasteiger partial charge in [0.25, 0.3) is 5.91 Å². The van der Waals surface area contributed by atoms with Gasteiger partial charge < -0.3 is 15.2 Å². The molecule has 3 N–H and O–H groups in total. The first-order chi connectivity index (χ1) is 12.0. The van der Waals surface area contributed by atoms with Gasteiger partial charge in [0, 0.05) is 12.3 Å². The SMILES string of the molecule is COc1cc(/C=N\Nc2ncccc2[N+](=O)[O-])ccc1OCC(N)=O. The molecule has 0 radical (unpaired) electrons. The highest BCUT2D eigenvalue weighted by atomic mass is 16.6. The number of nitrogens with one attached hydrogen (secondary N) is 1. The third kappa shape index (κ3) is 4.89. The summed E-state index contributed by atoms with van der Waals surface area (Å²) in [6.07, 6.45) is 2.84. The summed E-state index contributed by atoms with van der Waals surface area (Å²) in [6, 6.07) is 7.65. The average Bonchev–Trinajstić information content (AvgIpc) is 2.60. The Morgan fingerprint density at radius 1 is 1.44 bits per heavy atom. The van der Waals surface area contributed by atoms with E-state index in [1.807, 2.05) is 0 Å². The van der Waals surface area contributed by atoms with Gasteiger partial charge in [-0.25, -0.2) is 4.98 Å². The summed E-state index contributed by atoms with van der Waals surface area (Å²) in [5, 5.41) is 14.8. The van der Waals surface area contributed by atoms with Crippen LogP contribution in [0, 0.1) is 10.1 Å². The van der Waals surface area contributed by atoms with Crippen molar-refractivity contribution in [1.29, 1.82) is 0 Å². The van der Waals surface area contributed by atoms with E-state index in [1.165, 1.54) is 31.7 Å². The molecule has 0 aliphatic rings. The quantitative estimate of drug-likeness (QED) is 0.417. The Labute approximate surface area is 142 Å². The summed E-state index contributed by atoms with van der Waals surface area (Å²) >= 11 is 0. The highest BCUT2D eigenvalue weighted by molar-refractivity contribution is 5.82. The Hall–Kier alpha value is -3.69. The zero-order valence-corrected chi connectivity index (χ0v) is 13.2. The van der Waals surface area contributed by atoms with Crippen molar-refractivity contribution < 1.29 is 19.2 Å². The fraction of sp³-hybridized carbons (Fsp3) is 0.133. The van der Waals surface area contributed by atoms with Crippen molar-refractivity contribution in [3.63, 3.8) is 0 Å². The van der Waals surface area contributed by atoms with Gasteiger partial charge in [-0.3, -0.25) is 20.3 Å². The van der Waals surface area contributed by atoms with Crippen LogP contribution in [0.25, 0.3) is 0 Å². The number of nitrogens with zero attached hydrogens (tertiary/aromatic N) is 3. The van der Waals surface area contributed by atoms with Crippen molar-refractivity contribution in [1.82, 2.24) is 4.98 Å². The number of benzene rings is 1. The van der Waals surface area contributed by atoms with Crippen molar-refractivity contribution >= 4 is 23.6 Å². The number of anilines is 1. The van der Waals surface area contributed by atoms with E-state index in [0.29, 0.717) is 17.1 Å². The molecule has 2 rings (SSSR count). The zero-order valence-electron chi connectivity index (χ0n) is 13.2. The van der Waals surface area contributed by atoms with Gasteiger partial charge in [0.15, 0.2) is 18.1 Å². The van der Waals surface area contributed by atoms with E-state index >= 15 is 0 Å². The lowest BCUT2D eigenvalue weighted by molar-refractivity contribution is -0.384. The molecular weight excluding hydrogens is 330 g/mol. The van der Waals surface area contributed by atoms with Crippen LogP contribution in [-0.2, 0) is 4.79 Å². The maximum atomic E-state index is 10.9. The van der Waals surface area contributed by atoms with Crippen LogP contribution in [0.1, 0.15) is 5.56 Å². The molecule has 2 aromatic rings. The third-order valence-electron chi connectivity index (χ3n) is 2.92. The second-order valence-corrected chi connectivity index (χ2v) is 4.66. The Balaban J connectivity index is 2.11. The second kappa shape index (κ2) is 8.24. The number of carbonyl (C=O) groups excluding carboxylic acids is 1. The van der Waals surface area contributed by atoms with Gasteiger partial charge in [0.2, 0.25) is 5.82 Å². The molecular formula is C15H15N5O5. The molecule has 0 atom stereocenters. The van der Waals surface area contributed by atoms with E-state index in [2.05, 4.69) is 15.5 Å². The number of amides is 1. The van der Waals surface area contributed by atoms with Crippen LogP contribution in [0.2, 0.25) is 0 Å². The number of methoxy groups -OCH3 is 1. The molecule has 10 heteroatoms. The fourth-order valence-electron chi connectivity index (χ4n) is 1.83. The number of hydrazone groups is 1. The molecule has 0 unspecified atom stereocenters. The first kappa shape index (κ1) is 17.7. The first-order valence-corrected chi connectivity index (χ1v) is 6.99. The summed E-state index contributed by atoms with van der Waals surface area (Å²) in [7, 11) is 1.45. The number of nitrogens with two attached hydrogens (primary N) is 1. The normalized spacial score (nSPS) is 10.4. The number of nitro groups is 1. The molecule has 1 heterocycles. The minimum atomic E-state index is -0.603. The molecule has 1 aromatic heterocycles. The molecule has 0 saturated carbocycles. The van der Waals surface area contributed by atoms with Crippen LogP contribution in [0.3, 0.4) is 0 Å². The van der Waals surface area contributed by atoms with Crippen LogP contribution >= 0.6 is 0 Å². The Morgan fingerprint density at radius 3 is 2.92 bits per heavy atom. The number of hydrogen-bond donors (Lipinski definition) is 2. The minimum Gasteiger partial charge on any atom is -0.493 e. The van der Waals surface area contributed by atoms with Crippen molar-refractivity contribution in [2.24, 2.45) is 10.8 Å². The van der Waals surface area contributed by atoms with Gasteiger partial charge in [0.05, 0.1) is 18.2 Å². The average molecular weight is 345 g/mol. The highest BCUT2D eigenvalue weighted by Gasteiger charge is 2.13. The molecule has 0 aliphatic heterocycles. The molecule has 1 aromatic carbocycles. The van der Waals surface area contributed by atoms with Crippen LogP contribution in [0.4, 0.5) is 11.5 Å². The highest BCUT2D eigenvalue weighted by Crippen LogP contribution is 2.27. The monoisotopic (exact) mass is 345 g/mol. The Bertz CT molecular complexity index is 809.